The molecular formula is C21H23NO7. The number of ether oxygens (including phenoxy) is 3. The summed E-state index contributed by atoms with van der Waals surface area (Å²) in [5.74, 6) is -1.72. The van der Waals surface area contributed by atoms with Crippen LogP contribution in [0.4, 0.5) is 0 Å². The number of nitrogens with one attached hydrogen (secondary N) is 1. The second-order valence-electron chi connectivity index (χ2n) is 6.53. The highest BCUT2D eigenvalue weighted by Gasteiger charge is 2.25. The van der Waals surface area contributed by atoms with Crippen molar-refractivity contribution in [2.24, 2.45) is 0 Å². The van der Waals surface area contributed by atoms with Gasteiger partial charge in [-0.15, -0.1) is 0 Å². The van der Waals surface area contributed by atoms with Crippen LogP contribution >= 0.6 is 0 Å². The Morgan fingerprint density at radius 1 is 0.931 bits per heavy atom. The number of hydrogen-bond acceptors (Lipinski definition) is 7. The number of hydrogen-bond donors (Lipinski definition) is 1. The van der Waals surface area contributed by atoms with E-state index in [9.17, 15) is 19.2 Å². The third-order valence-corrected chi connectivity index (χ3v) is 4.47. The van der Waals surface area contributed by atoms with Crippen molar-refractivity contribution in [1.29, 1.82) is 0 Å². The van der Waals surface area contributed by atoms with Gasteiger partial charge in [0.2, 0.25) is 5.78 Å². The number of aromatic amines is 1. The van der Waals surface area contributed by atoms with Gasteiger partial charge in [-0.2, -0.15) is 0 Å². The first kappa shape index (κ1) is 21.9. The molecule has 8 nitrogen and oxygen atoms in total. The Morgan fingerprint density at radius 3 is 1.86 bits per heavy atom. The van der Waals surface area contributed by atoms with Gasteiger partial charge in [-0.05, 0) is 51.5 Å². The topological polar surface area (TPSA) is 112 Å². The molecule has 2 rings (SSSR count). The lowest BCUT2D eigenvalue weighted by atomic mass is 10.0. The van der Waals surface area contributed by atoms with Crippen LogP contribution in [0.5, 0.6) is 5.75 Å². The van der Waals surface area contributed by atoms with E-state index >= 15 is 0 Å². The number of methoxy groups -OCH3 is 2. The van der Waals surface area contributed by atoms with E-state index in [0.29, 0.717) is 16.8 Å². The van der Waals surface area contributed by atoms with E-state index in [2.05, 4.69) is 14.5 Å². The first-order valence-electron chi connectivity index (χ1n) is 8.83. The minimum atomic E-state index is -0.954. The molecule has 1 heterocycles. The Kier molecular flexibility index (Phi) is 6.58. The Bertz CT molecular complexity index is 953. The second-order valence-corrected chi connectivity index (χ2v) is 6.53. The molecule has 0 unspecified atom stereocenters. The molecule has 29 heavy (non-hydrogen) atoms. The normalized spacial score (nSPS) is 11.5. The molecule has 0 saturated carbocycles. The maximum atomic E-state index is 12.9. The van der Waals surface area contributed by atoms with Crippen molar-refractivity contribution in [2.45, 2.75) is 33.8 Å². The number of H-pyrrole nitrogens is 1. The molecular weight excluding hydrogens is 378 g/mol. The van der Waals surface area contributed by atoms with Crippen LogP contribution in [0.1, 0.15) is 66.7 Å². The molecule has 1 atom stereocenters. The van der Waals surface area contributed by atoms with Crippen molar-refractivity contribution >= 4 is 23.5 Å². The number of benzene rings is 1. The van der Waals surface area contributed by atoms with Gasteiger partial charge in [0.1, 0.15) is 5.75 Å². The number of ketones is 2. The summed E-state index contributed by atoms with van der Waals surface area (Å²) in [4.78, 5) is 51.4. The standard InChI is InChI=1S/C21H23NO7/c1-10-17(12(3)23)11(2)22-18(10)19(24)13(4)29-16-8-14(20(25)27-5)7-15(9-16)21(26)28-6/h7-9,13,22H,1-6H3/t13-/m1/s1. The van der Waals surface area contributed by atoms with Gasteiger partial charge in [-0.25, -0.2) is 9.59 Å². The number of esters is 2. The molecule has 0 fully saturated rings. The molecule has 0 aliphatic heterocycles. The molecule has 0 bridgehead atoms. The zero-order chi connectivity index (χ0) is 21.9. The quantitative estimate of drug-likeness (QED) is 0.560. The molecule has 0 amide bonds. The smallest absolute Gasteiger partial charge is 0.338 e. The Hall–Kier alpha value is -3.42. The maximum Gasteiger partial charge on any atom is 0.338 e. The van der Waals surface area contributed by atoms with Crippen LogP contribution in [0.15, 0.2) is 18.2 Å². The molecule has 154 valence electrons. The molecule has 0 spiro atoms. The van der Waals surface area contributed by atoms with Gasteiger partial charge in [-0.1, -0.05) is 0 Å². The van der Waals surface area contributed by atoms with Crippen LogP contribution in [-0.2, 0) is 9.47 Å². The third kappa shape index (κ3) is 4.53. The van der Waals surface area contributed by atoms with Crippen LogP contribution < -0.4 is 4.74 Å². The summed E-state index contributed by atoms with van der Waals surface area (Å²) in [7, 11) is 2.42. The summed E-state index contributed by atoms with van der Waals surface area (Å²) in [6, 6.07) is 4.06. The predicted molar refractivity (Wildman–Crippen MR) is 104 cm³/mol. The second kappa shape index (κ2) is 8.72. The molecule has 8 heteroatoms. The fourth-order valence-corrected chi connectivity index (χ4v) is 3.12. The van der Waals surface area contributed by atoms with Crippen LogP contribution in [-0.4, -0.2) is 48.8 Å². The highest BCUT2D eigenvalue weighted by molar-refractivity contribution is 6.05. The van der Waals surface area contributed by atoms with E-state index in [1.165, 1.54) is 46.3 Å². The molecule has 1 aromatic carbocycles. The number of carbonyl (C=O) groups is 4. The van der Waals surface area contributed by atoms with E-state index in [-0.39, 0.29) is 34.1 Å². The SMILES string of the molecule is COC(=O)c1cc(O[C@H](C)C(=O)c2[nH]c(C)c(C(C)=O)c2C)cc(C(=O)OC)c1. The fourth-order valence-electron chi connectivity index (χ4n) is 3.12. The number of carbonyl (C=O) groups excluding carboxylic acids is 4. The van der Waals surface area contributed by atoms with Gasteiger partial charge in [0, 0.05) is 11.3 Å². The van der Waals surface area contributed by atoms with E-state index < -0.39 is 18.0 Å². The van der Waals surface area contributed by atoms with Crippen LogP contribution in [0.25, 0.3) is 0 Å². The van der Waals surface area contributed by atoms with Crippen molar-refractivity contribution in [3.05, 3.63) is 51.8 Å². The van der Waals surface area contributed by atoms with Crippen LogP contribution in [0.2, 0.25) is 0 Å². The summed E-state index contributed by atoms with van der Waals surface area (Å²) in [6.45, 7) is 6.37. The maximum absolute atomic E-state index is 12.9. The molecule has 0 radical (unpaired) electrons. The summed E-state index contributed by atoms with van der Waals surface area (Å²) in [5.41, 5.74) is 2.06. The number of aromatic nitrogens is 1. The molecule has 0 aliphatic carbocycles. The van der Waals surface area contributed by atoms with Crippen molar-refractivity contribution in [3.8, 4) is 5.75 Å². The summed E-state index contributed by atoms with van der Waals surface area (Å²) >= 11 is 0. The first-order valence-corrected chi connectivity index (χ1v) is 8.83. The zero-order valence-electron chi connectivity index (χ0n) is 17.2. The molecule has 0 saturated heterocycles. The molecule has 2 aromatic rings. The van der Waals surface area contributed by atoms with Gasteiger partial charge >= 0.3 is 11.9 Å². The highest BCUT2D eigenvalue weighted by atomic mass is 16.5. The lowest BCUT2D eigenvalue weighted by molar-refractivity contribution is 0.0597. The number of aryl methyl sites for hydroxylation is 1. The number of rotatable bonds is 7. The Balaban J connectivity index is 2.37. The van der Waals surface area contributed by atoms with Gasteiger partial charge < -0.3 is 19.2 Å². The minimum absolute atomic E-state index is 0.0795. The van der Waals surface area contributed by atoms with Gasteiger partial charge in [-0.3, -0.25) is 9.59 Å². The summed E-state index contributed by atoms with van der Waals surface area (Å²) in [5, 5.41) is 0. The third-order valence-electron chi connectivity index (χ3n) is 4.47. The van der Waals surface area contributed by atoms with Crippen LogP contribution in [0, 0.1) is 13.8 Å². The minimum Gasteiger partial charge on any atom is -0.482 e. The van der Waals surface area contributed by atoms with E-state index in [1.54, 1.807) is 13.8 Å². The lowest BCUT2D eigenvalue weighted by Gasteiger charge is -2.15. The Labute approximate surface area is 168 Å². The first-order chi connectivity index (χ1) is 13.6. The molecule has 0 aliphatic rings. The fraction of sp³-hybridized carbons (Fsp3) is 0.333. The van der Waals surface area contributed by atoms with Gasteiger partial charge in [0.15, 0.2) is 11.9 Å². The lowest BCUT2D eigenvalue weighted by Crippen LogP contribution is -2.25. The van der Waals surface area contributed by atoms with Crippen molar-refractivity contribution < 1.29 is 33.4 Å². The van der Waals surface area contributed by atoms with E-state index in [1.807, 2.05) is 0 Å². The summed E-state index contributed by atoms with van der Waals surface area (Å²) in [6.07, 6.45) is -0.954. The number of Topliss-reactive ketones (excluding diaryl/α,β-unsaturated/α-hetero) is 2. The average Bonchev–Trinajstić information content (AvgIpc) is 2.99. The summed E-state index contributed by atoms with van der Waals surface area (Å²) < 4.78 is 15.1. The average molecular weight is 401 g/mol. The Morgan fingerprint density at radius 2 is 1.45 bits per heavy atom. The largest absolute Gasteiger partial charge is 0.482 e. The van der Waals surface area contributed by atoms with E-state index in [4.69, 9.17) is 4.74 Å². The van der Waals surface area contributed by atoms with Crippen molar-refractivity contribution in [2.75, 3.05) is 14.2 Å². The predicted octanol–water partition coefficient (Wildman–Crippen LogP) is 3.06. The zero-order valence-corrected chi connectivity index (χ0v) is 17.2. The van der Waals surface area contributed by atoms with Crippen molar-refractivity contribution in [1.82, 2.24) is 4.98 Å². The van der Waals surface area contributed by atoms with Gasteiger partial charge in [0.25, 0.3) is 0 Å². The monoisotopic (exact) mass is 401 g/mol. The van der Waals surface area contributed by atoms with E-state index in [0.717, 1.165) is 0 Å². The van der Waals surface area contributed by atoms with Crippen LogP contribution in [0.3, 0.4) is 0 Å². The highest BCUT2D eigenvalue weighted by Crippen LogP contribution is 2.23. The molecule has 1 aromatic heterocycles. The molecule has 1 N–H and O–H groups in total. The van der Waals surface area contributed by atoms with Gasteiger partial charge in [0.05, 0.1) is 31.0 Å². The van der Waals surface area contributed by atoms with Crippen molar-refractivity contribution in [3.63, 3.8) is 0 Å².